The molecule has 0 saturated carbocycles. The first kappa shape index (κ1) is 18.0. The van der Waals surface area contributed by atoms with Gasteiger partial charge in [0, 0.05) is 30.6 Å². The molecule has 0 aromatic carbocycles. The van der Waals surface area contributed by atoms with Crippen molar-refractivity contribution < 1.29 is 13.2 Å². The molecule has 4 heterocycles. The van der Waals surface area contributed by atoms with Crippen LogP contribution in [0.25, 0.3) is 10.2 Å². The molecule has 26 heavy (non-hydrogen) atoms. The predicted molar refractivity (Wildman–Crippen MR) is 97.7 cm³/mol. The van der Waals surface area contributed by atoms with Crippen molar-refractivity contribution in [2.75, 3.05) is 31.1 Å². The van der Waals surface area contributed by atoms with Crippen molar-refractivity contribution in [1.29, 1.82) is 0 Å². The van der Waals surface area contributed by atoms with Crippen LogP contribution in [0.5, 0.6) is 0 Å². The van der Waals surface area contributed by atoms with Gasteiger partial charge in [-0.1, -0.05) is 13.8 Å². The summed E-state index contributed by atoms with van der Waals surface area (Å²) in [4.78, 5) is 14.4. The smallest absolute Gasteiger partial charge is 0.354 e. The Bertz CT molecular complexity index is 788. The lowest BCUT2D eigenvalue weighted by atomic mass is 10.0. The molecule has 2 aliphatic rings. The van der Waals surface area contributed by atoms with Crippen LogP contribution in [0, 0.1) is 11.8 Å². The van der Waals surface area contributed by atoms with Crippen molar-refractivity contribution in [2.45, 2.75) is 38.9 Å². The Kier molecular flexibility index (Phi) is 4.59. The van der Waals surface area contributed by atoms with Crippen LogP contribution in [0.2, 0.25) is 0 Å². The summed E-state index contributed by atoms with van der Waals surface area (Å²) in [5, 5.41) is 0.757. The Morgan fingerprint density at radius 3 is 2.81 bits per heavy atom. The van der Waals surface area contributed by atoms with Crippen molar-refractivity contribution in [3.63, 3.8) is 0 Å². The van der Waals surface area contributed by atoms with Crippen LogP contribution in [0.3, 0.4) is 0 Å². The fourth-order valence-corrected chi connectivity index (χ4v) is 5.37. The molecule has 0 unspecified atom stereocenters. The summed E-state index contributed by atoms with van der Waals surface area (Å²) in [6, 6.07) is 2.15. The number of nitrogens with zero attached hydrogens (tertiary/aromatic N) is 4. The summed E-state index contributed by atoms with van der Waals surface area (Å²) < 4.78 is 38.2. The van der Waals surface area contributed by atoms with Crippen molar-refractivity contribution in [2.24, 2.45) is 11.8 Å². The molecule has 2 saturated heterocycles. The van der Waals surface area contributed by atoms with Crippen molar-refractivity contribution in [3.8, 4) is 0 Å². The lowest BCUT2D eigenvalue weighted by Crippen LogP contribution is -2.37. The quantitative estimate of drug-likeness (QED) is 0.799. The Morgan fingerprint density at radius 2 is 2.08 bits per heavy atom. The maximum atomic E-state index is 12.7. The number of likely N-dealkylation sites (tertiary alicyclic amines) is 1. The van der Waals surface area contributed by atoms with Crippen LogP contribution in [0.15, 0.2) is 12.4 Å². The third-order valence-electron chi connectivity index (χ3n) is 5.30. The zero-order valence-corrected chi connectivity index (χ0v) is 15.8. The first-order valence-corrected chi connectivity index (χ1v) is 9.91. The standard InChI is InChI=1S/C18H23F3N4S/c1-11(2)7-24-4-3-12-8-25(9-15(12)24)16-14-5-13(6-18(19,20)21)26-17(14)23-10-22-16/h5,10-12,15H,3-4,6-9H2,1-2H3/t12-,15+/m1/s1. The lowest BCUT2D eigenvalue weighted by molar-refractivity contribution is -0.126. The van der Waals surface area contributed by atoms with E-state index in [2.05, 4.69) is 33.6 Å². The highest BCUT2D eigenvalue weighted by Gasteiger charge is 2.42. The van der Waals surface area contributed by atoms with Gasteiger partial charge in [-0.05, 0) is 30.9 Å². The fourth-order valence-electron chi connectivity index (χ4n) is 4.35. The number of hydrogen-bond acceptors (Lipinski definition) is 5. The maximum Gasteiger partial charge on any atom is 0.393 e. The molecule has 0 amide bonds. The number of fused-ring (bicyclic) bond motifs is 2. The van der Waals surface area contributed by atoms with Gasteiger partial charge in [0.2, 0.25) is 0 Å². The van der Waals surface area contributed by atoms with E-state index < -0.39 is 12.6 Å². The molecule has 2 atom stereocenters. The number of hydrogen-bond donors (Lipinski definition) is 0. The first-order valence-electron chi connectivity index (χ1n) is 9.09. The van der Waals surface area contributed by atoms with Gasteiger partial charge in [0.15, 0.2) is 0 Å². The van der Waals surface area contributed by atoms with Gasteiger partial charge in [-0.3, -0.25) is 4.90 Å². The van der Waals surface area contributed by atoms with Crippen LogP contribution in [-0.4, -0.2) is 53.3 Å². The van der Waals surface area contributed by atoms with E-state index in [0.717, 1.165) is 48.7 Å². The second-order valence-corrected chi connectivity index (χ2v) is 8.95. The largest absolute Gasteiger partial charge is 0.393 e. The molecule has 4 rings (SSSR count). The minimum absolute atomic E-state index is 0.301. The van der Waals surface area contributed by atoms with Gasteiger partial charge < -0.3 is 4.90 Å². The summed E-state index contributed by atoms with van der Waals surface area (Å²) in [6.45, 7) is 8.55. The second kappa shape index (κ2) is 6.64. The average Bonchev–Trinajstić information content (AvgIpc) is 3.19. The van der Waals surface area contributed by atoms with Crippen LogP contribution >= 0.6 is 11.3 Å². The van der Waals surface area contributed by atoms with Gasteiger partial charge in [-0.2, -0.15) is 13.2 Å². The van der Waals surface area contributed by atoms with E-state index in [0.29, 0.717) is 27.6 Å². The summed E-state index contributed by atoms with van der Waals surface area (Å²) in [5.74, 6) is 2.04. The highest BCUT2D eigenvalue weighted by Crippen LogP contribution is 2.38. The molecule has 0 aliphatic carbocycles. The number of aromatic nitrogens is 2. The minimum Gasteiger partial charge on any atom is -0.354 e. The van der Waals surface area contributed by atoms with Gasteiger partial charge in [0.05, 0.1) is 11.8 Å². The van der Waals surface area contributed by atoms with Crippen LogP contribution in [0.1, 0.15) is 25.1 Å². The zero-order chi connectivity index (χ0) is 18.5. The Morgan fingerprint density at radius 1 is 1.27 bits per heavy atom. The normalized spacial score (nSPS) is 24.2. The zero-order valence-electron chi connectivity index (χ0n) is 15.0. The van der Waals surface area contributed by atoms with Crippen LogP contribution in [0.4, 0.5) is 19.0 Å². The third-order valence-corrected chi connectivity index (χ3v) is 6.34. The summed E-state index contributed by atoms with van der Waals surface area (Å²) >= 11 is 1.12. The monoisotopic (exact) mass is 384 g/mol. The first-order chi connectivity index (χ1) is 12.3. The Labute approximate surface area is 155 Å². The van der Waals surface area contributed by atoms with Gasteiger partial charge in [-0.15, -0.1) is 11.3 Å². The van der Waals surface area contributed by atoms with E-state index in [-0.39, 0.29) is 0 Å². The molecule has 2 fully saturated rings. The number of thiophene rings is 1. The number of halogens is 3. The number of rotatable bonds is 4. The minimum atomic E-state index is -4.20. The SMILES string of the molecule is CC(C)CN1CC[C@@H]2CN(c3ncnc4sc(CC(F)(F)F)cc34)C[C@@H]21. The molecule has 8 heteroatoms. The highest BCUT2D eigenvalue weighted by atomic mass is 32.1. The van der Waals surface area contributed by atoms with Gasteiger partial charge in [0.1, 0.15) is 17.0 Å². The molecule has 142 valence electrons. The lowest BCUT2D eigenvalue weighted by Gasteiger charge is -2.26. The van der Waals surface area contributed by atoms with Crippen molar-refractivity contribution in [1.82, 2.24) is 14.9 Å². The van der Waals surface area contributed by atoms with E-state index in [1.165, 1.54) is 12.7 Å². The maximum absolute atomic E-state index is 12.7. The highest BCUT2D eigenvalue weighted by molar-refractivity contribution is 7.18. The topological polar surface area (TPSA) is 32.3 Å². The molecular weight excluding hydrogens is 361 g/mol. The van der Waals surface area contributed by atoms with Crippen molar-refractivity contribution >= 4 is 27.4 Å². The fraction of sp³-hybridized carbons (Fsp3) is 0.667. The van der Waals surface area contributed by atoms with Gasteiger partial charge in [0.25, 0.3) is 0 Å². The second-order valence-electron chi connectivity index (χ2n) is 7.83. The summed E-state index contributed by atoms with van der Waals surface area (Å²) in [6.07, 6.45) is -2.44. The Balaban J connectivity index is 1.58. The van der Waals surface area contributed by atoms with E-state index in [4.69, 9.17) is 0 Å². The third kappa shape index (κ3) is 3.53. The Hall–Kier alpha value is -1.41. The predicted octanol–water partition coefficient (Wildman–Crippen LogP) is 3.96. The van der Waals surface area contributed by atoms with E-state index in [1.807, 2.05) is 0 Å². The molecule has 0 bridgehead atoms. The van der Waals surface area contributed by atoms with Crippen LogP contribution in [-0.2, 0) is 6.42 Å². The number of alkyl halides is 3. The molecule has 4 nitrogen and oxygen atoms in total. The van der Waals surface area contributed by atoms with Crippen molar-refractivity contribution in [3.05, 3.63) is 17.3 Å². The molecule has 2 aromatic heterocycles. The average molecular weight is 384 g/mol. The number of anilines is 1. The van der Waals surface area contributed by atoms with Crippen LogP contribution < -0.4 is 4.90 Å². The van der Waals surface area contributed by atoms with E-state index in [1.54, 1.807) is 6.07 Å². The molecule has 2 aromatic rings. The van der Waals surface area contributed by atoms with E-state index in [9.17, 15) is 13.2 Å². The molecule has 0 N–H and O–H groups in total. The molecule has 2 aliphatic heterocycles. The van der Waals surface area contributed by atoms with Gasteiger partial charge in [-0.25, -0.2) is 9.97 Å². The summed E-state index contributed by atoms with van der Waals surface area (Å²) in [7, 11) is 0. The molecular formula is C18H23F3N4S. The van der Waals surface area contributed by atoms with Gasteiger partial charge >= 0.3 is 6.18 Å². The van der Waals surface area contributed by atoms with E-state index >= 15 is 0 Å². The molecule has 0 radical (unpaired) electrons. The molecule has 0 spiro atoms. The summed E-state index contributed by atoms with van der Waals surface area (Å²) in [5.41, 5.74) is 0.